The van der Waals surface area contributed by atoms with Crippen molar-refractivity contribution in [1.29, 1.82) is 0 Å². The van der Waals surface area contributed by atoms with E-state index >= 15 is 0 Å². The number of pyridine rings is 1. The van der Waals surface area contributed by atoms with Crippen LogP contribution in [0.3, 0.4) is 0 Å². The molecule has 0 radical (unpaired) electrons. The number of carbonyl (C=O) groups is 1. The molecule has 3 heterocycles. The van der Waals surface area contributed by atoms with E-state index in [2.05, 4.69) is 32.2 Å². The second-order valence-electron chi connectivity index (χ2n) is 6.87. The molecule has 1 aromatic carbocycles. The summed E-state index contributed by atoms with van der Waals surface area (Å²) >= 11 is 0. The molecule has 2 aromatic heterocycles. The lowest BCUT2D eigenvalue weighted by atomic mass is 10.1. The fourth-order valence-corrected chi connectivity index (χ4v) is 3.41. The minimum Gasteiger partial charge on any atom is -0.352 e. The maximum absolute atomic E-state index is 12.5. The molecule has 4 rings (SSSR count). The van der Waals surface area contributed by atoms with Crippen molar-refractivity contribution >= 4 is 11.7 Å². The van der Waals surface area contributed by atoms with Gasteiger partial charge in [0.2, 0.25) is 5.91 Å². The molecule has 1 aliphatic rings. The Morgan fingerprint density at radius 1 is 0.857 bits per heavy atom. The second kappa shape index (κ2) is 8.61. The fraction of sp³-hybridized carbons (Fsp3) is 0.273. The summed E-state index contributed by atoms with van der Waals surface area (Å²) in [6.07, 6.45) is 4.85. The van der Waals surface area contributed by atoms with Crippen LogP contribution < -0.4 is 4.90 Å². The highest BCUT2D eigenvalue weighted by molar-refractivity contribution is 5.76. The van der Waals surface area contributed by atoms with Crippen LogP contribution in [0, 0.1) is 0 Å². The van der Waals surface area contributed by atoms with Gasteiger partial charge in [-0.3, -0.25) is 9.78 Å². The standard InChI is InChI=1S/C22H23N5O/c28-22(9-6-18-4-2-1-3-5-18)27-16-14-26(15-17-27)21-8-7-20(24-25-21)19-10-12-23-13-11-19/h1-5,7-8,10-13H,6,9,14-17H2. The van der Waals surface area contributed by atoms with Crippen LogP contribution in [0.4, 0.5) is 5.82 Å². The van der Waals surface area contributed by atoms with Crippen LogP contribution in [0.2, 0.25) is 0 Å². The molecule has 1 fully saturated rings. The third-order valence-corrected chi connectivity index (χ3v) is 5.05. The predicted octanol–water partition coefficient (Wildman–Crippen LogP) is 2.82. The molecule has 0 atom stereocenters. The van der Waals surface area contributed by atoms with Gasteiger partial charge in [0.25, 0.3) is 0 Å². The molecule has 0 N–H and O–H groups in total. The van der Waals surface area contributed by atoms with Gasteiger partial charge >= 0.3 is 0 Å². The van der Waals surface area contributed by atoms with Crippen molar-refractivity contribution in [2.75, 3.05) is 31.1 Å². The molecule has 6 nitrogen and oxygen atoms in total. The van der Waals surface area contributed by atoms with Crippen LogP contribution in [0.25, 0.3) is 11.3 Å². The number of benzene rings is 1. The summed E-state index contributed by atoms with van der Waals surface area (Å²) in [5.74, 6) is 1.08. The molecule has 1 saturated heterocycles. The van der Waals surface area contributed by atoms with Gasteiger partial charge in [0.05, 0.1) is 5.69 Å². The first kappa shape index (κ1) is 18.1. The lowest BCUT2D eigenvalue weighted by molar-refractivity contribution is -0.131. The van der Waals surface area contributed by atoms with Crippen molar-refractivity contribution in [3.05, 3.63) is 72.6 Å². The average Bonchev–Trinajstić information content (AvgIpc) is 2.79. The van der Waals surface area contributed by atoms with Gasteiger partial charge in [-0.25, -0.2) is 0 Å². The summed E-state index contributed by atoms with van der Waals surface area (Å²) in [6.45, 7) is 3.00. The number of piperazine rings is 1. The normalized spacial score (nSPS) is 14.1. The van der Waals surface area contributed by atoms with Crippen molar-refractivity contribution in [3.63, 3.8) is 0 Å². The maximum atomic E-state index is 12.5. The van der Waals surface area contributed by atoms with E-state index in [1.165, 1.54) is 5.56 Å². The Labute approximate surface area is 164 Å². The Morgan fingerprint density at radius 3 is 2.29 bits per heavy atom. The quantitative estimate of drug-likeness (QED) is 0.688. The number of carbonyl (C=O) groups excluding carboxylic acids is 1. The average molecular weight is 373 g/mol. The number of hydrogen-bond acceptors (Lipinski definition) is 5. The molecule has 28 heavy (non-hydrogen) atoms. The molecule has 0 aliphatic carbocycles. The van der Waals surface area contributed by atoms with Crippen LogP contribution in [-0.4, -0.2) is 52.2 Å². The van der Waals surface area contributed by atoms with Crippen LogP contribution in [0.15, 0.2) is 67.0 Å². The van der Waals surface area contributed by atoms with E-state index in [-0.39, 0.29) is 5.91 Å². The van der Waals surface area contributed by atoms with E-state index in [9.17, 15) is 4.79 Å². The summed E-state index contributed by atoms with van der Waals surface area (Å²) in [5, 5.41) is 8.72. The Kier molecular flexibility index (Phi) is 5.56. The first-order chi connectivity index (χ1) is 13.8. The van der Waals surface area contributed by atoms with E-state index in [0.29, 0.717) is 6.42 Å². The number of rotatable bonds is 5. The number of aryl methyl sites for hydroxylation is 1. The third kappa shape index (κ3) is 4.34. The maximum Gasteiger partial charge on any atom is 0.223 e. The minimum absolute atomic E-state index is 0.225. The zero-order valence-corrected chi connectivity index (χ0v) is 15.7. The molecule has 0 saturated carbocycles. The summed E-state index contributed by atoms with van der Waals surface area (Å²) in [7, 11) is 0. The van der Waals surface area contributed by atoms with Gasteiger partial charge in [-0.2, -0.15) is 0 Å². The zero-order chi connectivity index (χ0) is 19.2. The van der Waals surface area contributed by atoms with E-state index in [0.717, 1.165) is 49.7 Å². The topological polar surface area (TPSA) is 62.2 Å². The van der Waals surface area contributed by atoms with Crippen LogP contribution in [-0.2, 0) is 11.2 Å². The van der Waals surface area contributed by atoms with Crippen molar-refractivity contribution < 1.29 is 4.79 Å². The van der Waals surface area contributed by atoms with Crippen LogP contribution in [0.5, 0.6) is 0 Å². The molecular formula is C22H23N5O. The first-order valence-corrected chi connectivity index (χ1v) is 9.60. The van der Waals surface area contributed by atoms with E-state index in [1.54, 1.807) is 12.4 Å². The highest BCUT2D eigenvalue weighted by Gasteiger charge is 2.22. The molecule has 0 spiro atoms. The van der Waals surface area contributed by atoms with Crippen LogP contribution >= 0.6 is 0 Å². The highest BCUT2D eigenvalue weighted by atomic mass is 16.2. The molecule has 0 unspecified atom stereocenters. The lowest BCUT2D eigenvalue weighted by Crippen LogP contribution is -2.49. The van der Waals surface area contributed by atoms with Gasteiger partial charge in [0.15, 0.2) is 5.82 Å². The van der Waals surface area contributed by atoms with Gasteiger partial charge < -0.3 is 9.80 Å². The van der Waals surface area contributed by atoms with E-state index < -0.39 is 0 Å². The summed E-state index contributed by atoms with van der Waals surface area (Å²) in [6, 6.07) is 18.0. The number of amides is 1. The van der Waals surface area contributed by atoms with Gasteiger partial charge in [-0.05, 0) is 36.2 Å². The van der Waals surface area contributed by atoms with Gasteiger partial charge in [-0.15, -0.1) is 10.2 Å². The summed E-state index contributed by atoms with van der Waals surface area (Å²) in [4.78, 5) is 20.7. The minimum atomic E-state index is 0.225. The highest BCUT2D eigenvalue weighted by Crippen LogP contribution is 2.19. The molecule has 142 valence electrons. The first-order valence-electron chi connectivity index (χ1n) is 9.60. The molecular weight excluding hydrogens is 350 g/mol. The number of aromatic nitrogens is 3. The SMILES string of the molecule is O=C(CCc1ccccc1)N1CCN(c2ccc(-c3ccncc3)nn2)CC1. The van der Waals surface area contributed by atoms with Crippen molar-refractivity contribution in [2.24, 2.45) is 0 Å². The Morgan fingerprint density at radius 2 is 1.61 bits per heavy atom. The molecule has 1 amide bonds. The third-order valence-electron chi connectivity index (χ3n) is 5.05. The monoisotopic (exact) mass is 373 g/mol. The summed E-state index contributed by atoms with van der Waals surface area (Å²) in [5.41, 5.74) is 3.04. The molecule has 3 aromatic rings. The van der Waals surface area contributed by atoms with Gasteiger partial charge in [0, 0.05) is 50.6 Å². The largest absolute Gasteiger partial charge is 0.352 e. The Hall–Kier alpha value is -3.28. The van der Waals surface area contributed by atoms with Crippen molar-refractivity contribution in [1.82, 2.24) is 20.1 Å². The van der Waals surface area contributed by atoms with Gasteiger partial charge in [0.1, 0.15) is 0 Å². The molecule has 6 heteroatoms. The smallest absolute Gasteiger partial charge is 0.223 e. The number of nitrogens with zero attached hydrogens (tertiary/aromatic N) is 5. The predicted molar refractivity (Wildman–Crippen MR) is 109 cm³/mol. The van der Waals surface area contributed by atoms with Gasteiger partial charge in [-0.1, -0.05) is 30.3 Å². The van der Waals surface area contributed by atoms with E-state index in [4.69, 9.17) is 0 Å². The Balaban J connectivity index is 1.29. The molecule has 0 bridgehead atoms. The van der Waals surface area contributed by atoms with E-state index in [1.807, 2.05) is 47.4 Å². The summed E-state index contributed by atoms with van der Waals surface area (Å²) < 4.78 is 0. The second-order valence-corrected chi connectivity index (χ2v) is 6.87. The molecule has 1 aliphatic heterocycles. The van der Waals surface area contributed by atoms with Crippen molar-refractivity contribution in [2.45, 2.75) is 12.8 Å². The van der Waals surface area contributed by atoms with Crippen LogP contribution in [0.1, 0.15) is 12.0 Å². The Bertz CT molecular complexity index is 891. The fourth-order valence-electron chi connectivity index (χ4n) is 3.41. The lowest BCUT2D eigenvalue weighted by Gasteiger charge is -2.35. The number of anilines is 1. The zero-order valence-electron chi connectivity index (χ0n) is 15.7. The van der Waals surface area contributed by atoms with Crippen molar-refractivity contribution in [3.8, 4) is 11.3 Å². The number of hydrogen-bond donors (Lipinski definition) is 0.